The molecule has 108 valence electrons. The first-order valence-corrected chi connectivity index (χ1v) is 8.14. The number of fused-ring (bicyclic) bond motifs is 2. The zero-order chi connectivity index (χ0) is 14.8. The molecule has 3 aliphatic rings. The van der Waals surface area contributed by atoms with Crippen molar-refractivity contribution >= 4 is 12.6 Å². The number of aryl methyl sites for hydroxylation is 1. The summed E-state index contributed by atoms with van der Waals surface area (Å²) in [4.78, 5) is 1.01. The highest BCUT2D eigenvalue weighted by Gasteiger charge is 2.41. The second-order valence-electron chi connectivity index (χ2n) is 6.64. The van der Waals surface area contributed by atoms with E-state index in [9.17, 15) is 0 Å². The molecule has 0 fully saturated rings. The van der Waals surface area contributed by atoms with Crippen molar-refractivity contribution in [3.8, 4) is 5.75 Å². The minimum atomic E-state index is -0.0335. The van der Waals surface area contributed by atoms with Crippen molar-refractivity contribution in [1.29, 1.82) is 0 Å². The molecule has 1 heterocycles. The van der Waals surface area contributed by atoms with E-state index in [-0.39, 0.29) is 5.41 Å². The second kappa shape index (κ2) is 4.30. The summed E-state index contributed by atoms with van der Waals surface area (Å²) in [6.45, 7) is 6.75. The van der Waals surface area contributed by atoms with E-state index in [0.717, 1.165) is 35.7 Å². The van der Waals surface area contributed by atoms with Gasteiger partial charge in [0.1, 0.15) is 11.5 Å². The molecule has 2 aliphatic carbocycles. The minimum Gasteiger partial charge on any atom is -0.455 e. The van der Waals surface area contributed by atoms with Crippen molar-refractivity contribution in [3.63, 3.8) is 0 Å². The number of rotatable bonds is 1. The molecule has 0 aromatic heterocycles. The molecule has 0 spiro atoms. The van der Waals surface area contributed by atoms with Gasteiger partial charge in [0.25, 0.3) is 0 Å². The first-order chi connectivity index (χ1) is 10.0. The van der Waals surface area contributed by atoms with E-state index in [1.807, 2.05) is 0 Å². The third-order valence-corrected chi connectivity index (χ3v) is 5.50. The van der Waals surface area contributed by atoms with Gasteiger partial charge in [-0.3, -0.25) is 0 Å². The Labute approximate surface area is 131 Å². The molecule has 1 aromatic carbocycles. The molecule has 0 bridgehead atoms. The third kappa shape index (κ3) is 1.78. The summed E-state index contributed by atoms with van der Waals surface area (Å²) in [7, 11) is 0. The van der Waals surface area contributed by atoms with E-state index >= 15 is 0 Å². The third-order valence-electron chi connectivity index (χ3n) is 5.01. The number of allylic oxidation sites excluding steroid dienone is 5. The highest BCUT2D eigenvalue weighted by Crippen LogP contribution is 2.53. The summed E-state index contributed by atoms with van der Waals surface area (Å²) in [6.07, 6.45) is 7.71. The van der Waals surface area contributed by atoms with E-state index in [4.69, 9.17) is 17.4 Å². The number of benzene rings is 1. The molecule has 1 aromatic rings. The molecule has 0 unspecified atom stereocenters. The van der Waals surface area contributed by atoms with Crippen molar-refractivity contribution in [2.45, 2.75) is 50.3 Å². The van der Waals surface area contributed by atoms with Gasteiger partial charge in [0, 0.05) is 16.6 Å². The first-order valence-electron chi connectivity index (χ1n) is 7.69. The monoisotopic (exact) mass is 296 g/mol. The quantitative estimate of drug-likeness (QED) is 0.707. The van der Waals surface area contributed by atoms with Gasteiger partial charge in [-0.25, -0.2) is 0 Å². The number of ether oxygens (including phenoxy) is 1. The van der Waals surface area contributed by atoms with Gasteiger partial charge in [-0.15, -0.1) is 12.6 Å². The largest absolute Gasteiger partial charge is 0.455 e. The van der Waals surface area contributed by atoms with E-state index < -0.39 is 0 Å². The summed E-state index contributed by atoms with van der Waals surface area (Å²) < 4.78 is 6.37. The van der Waals surface area contributed by atoms with Crippen LogP contribution in [-0.2, 0) is 11.8 Å². The van der Waals surface area contributed by atoms with Crippen LogP contribution in [0.1, 0.15) is 44.7 Å². The Balaban J connectivity index is 1.95. The van der Waals surface area contributed by atoms with Crippen LogP contribution >= 0.6 is 12.6 Å². The Morgan fingerprint density at radius 2 is 2.10 bits per heavy atom. The second-order valence-corrected chi connectivity index (χ2v) is 7.09. The van der Waals surface area contributed by atoms with Crippen LogP contribution in [0.3, 0.4) is 0 Å². The number of hydrogen-bond donors (Lipinski definition) is 1. The zero-order valence-corrected chi connectivity index (χ0v) is 13.7. The van der Waals surface area contributed by atoms with Crippen LogP contribution in [0.15, 0.2) is 51.7 Å². The molecule has 0 N–H and O–H groups in total. The lowest BCUT2D eigenvalue weighted by Gasteiger charge is -2.36. The molecular weight excluding hydrogens is 276 g/mol. The topological polar surface area (TPSA) is 9.23 Å². The highest BCUT2D eigenvalue weighted by molar-refractivity contribution is 7.80. The lowest BCUT2D eigenvalue weighted by atomic mass is 9.74. The van der Waals surface area contributed by atoms with Gasteiger partial charge in [-0.1, -0.05) is 50.6 Å². The Kier molecular flexibility index (Phi) is 2.71. The van der Waals surface area contributed by atoms with Crippen LogP contribution in [0.2, 0.25) is 0 Å². The molecule has 0 saturated carbocycles. The highest BCUT2D eigenvalue weighted by atomic mass is 32.1. The zero-order valence-electron chi connectivity index (χ0n) is 12.8. The van der Waals surface area contributed by atoms with Gasteiger partial charge in [-0.2, -0.15) is 0 Å². The van der Waals surface area contributed by atoms with E-state index in [1.165, 1.54) is 27.8 Å². The Bertz CT molecular complexity index is 747. The molecule has 0 radical (unpaired) electrons. The van der Waals surface area contributed by atoms with Gasteiger partial charge < -0.3 is 4.74 Å². The average Bonchev–Trinajstić information content (AvgIpc) is 3.21. The number of hydrogen-bond acceptors (Lipinski definition) is 2. The van der Waals surface area contributed by atoms with E-state index in [1.54, 1.807) is 0 Å². The van der Waals surface area contributed by atoms with Crippen LogP contribution in [0.5, 0.6) is 5.75 Å². The summed E-state index contributed by atoms with van der Waals surface area (Å²) in [5.41, 5.74) is 6.73. The maximum Gasteiger partial charge on any atom is 0.145 e. The van der Waals surface area contributed by atoms with Crippen LogP contribution in [-0.4, -0.2) is 0 Å². The molecular formula is C19H20OS. The van der Waals surface area contributed by atoms with Crippen LogP contribution in [0.4, 0.5) is 0 Å². The average molecular weight is 296 g/mol. The smallest absolute Gasteiger partial charge is 0.145 e. The molecule has 2 heteroatoms. The normalized spacial score (nSPS) is 21.3. The Hall–Kier alpha value is -1.41. The predicted octanol–water partition coefficient (Wildman–Crippen LogP) is 5.12. The Morgan fingerprint density at radius 3 is 2.86 bits per heavy atom. The molecule has 1 aliphatic heterocycles. The van der Waals surface area contributed by atoms with Crippen molar-refractivity contribution in [2.24, 2.45) is 0 Å². The van der Waals surface area contributed by atoms with Gasteiger partial charge in [0.15, 0.2) is 0 Å². The SMILES string of the molecule is CCc1ccc2c(c1S)OC1=C(C=CCC3=C1C3)C2(C)C. The fourth-order valence-electron chi connectivity index (χ4n) is 3.51. The lowest BCUT2D eigenvalue weighted by Crippen LogP contribution is -2.27. The van der Waals surface area contributed by atoms with Crippen molar-refractivity contribution in [3.05, 3.63) is 57.9 Å². The summed E-state index contributed by atoms with van der Waals surface area (Å²) in [5.74, 6) is 2.07. The maximum atomic E-state index is 6.37. The fourth-order valence-corrected chi connectivity index (χ4v) is 3.91. The minimum absolute atomic E-state index is 0.0335. The molecule has 0 amide bonds. The fraction of sp³-hybridized carbons (Fsp3) is 0.368. The maximum absolute atomic E-state index is 6.37. The van der Waals surface area contributed by atoms with Crippen LogP contribution in [0.25, 0.3) is 0 Å². The molecule has 0 atom stereocenters. The summed E-state index contributed by atoms with van der Waals surface area (Å²) >= 11 is 4.75. The lowest BCUT2D eigenvalue weighted by molar-refractivity contribution is 0.374. The van der Waals surface area contributed by atoms with Crippen molar-refractivity contribution in [2.75, 3.05) is 0 Å². The molecule has 1 nitrogen and oxygen atoms in total. The van der Waals surface area contributed by atoms with Gasteiger partial charge in [-0.05, 0) is 30.4 Å². The molecule has 21 heavy (non-hydrogen) atoms. The van der Waals surface area contributed by atoms with Crippen LogP contribution < -0.4 is 4.74 Å². The van der Waals surface area contributed by atoms with E-state index in [0.29, 0.717) is 0 Å². The first kappa shape index (κ1) is 13.3. The van der Waals surface area contributed by atoms with Gasteiger partial charge >= 0.3 is 0 Å². The van der Waals surface area contributed by atoms with Gasteiger partial charge in [0.05, 0.1) is 4.90 Å². The number of thiol groups is 1. The van der Waals surface area contributed by atoms with Crippen molar-refractivity contribution < 1.29 is 4.74 Å². The Morgan fingerprint density at radius 1 is 1.29 bits per heavy atom. The van der Waals surface area contributed by atoms with Gasteiger partial charge in [0.2, 0.25) is 0 Å². The van der Waals surface area contributed by atoms with Crippen LogP contribution in [0, 0.1) is 0 Å². The predicted molar refractivity (Wildman–Crippen MR) is 89.2 cm³/mol. The summed E-state index contributed by atoms with van der Waals surface area (Å²) in [5, 5.41) is 0. The van der Waals surface area contributed by atoms with E-state index in [2.05, 4.69) is 45.1 Å². The summed E-state index contributed by atoms with van der Waals surface area (Å²) in [6, 6.07) is 4.42. The standard InChI is InChI=1S/C19H20OS/c1-4-11-8-9-15-17(18(11)21)20-16-13-10-12(13)6-5-7-14(16)19(15,2)3/h5,7-9,21H,4,6,10H2,1-3H3. The molecule has 4 rings (SSSR count). The molecule has 0 saturated heterocycles. The van der Waals surface area contributed by atoms with Crippen molar-refractivity contribution in [1.82, 2.24) is 0 Å².